The van der Waals surface area contributed by atoms with Gasteiger partial charge in [-0.25, -0.2) is 4.98 Å². The first-order chi connectivity index (χ1) is 8.67. The Labute approximate surface area is 106 Å². The lowest BCUT2D eigenvalue weighted by atomic mass is 10.2. The molecular formula is C13H15N5. The minimum Gasteiger partial charge on any atom is -0.338 e. The first-order valence-corrected chi connectivity index (χ1v) is 5.84. The number of pyridine rings is 1. The molecular weight excluding hydrogens is 226 g/mol. The van der Waals surface area contributed by atoms with Gasteiger partial charge in [-0.1, -0.05) is 19.9 Å². The summed E-state index contributed by atoms with van der Waals surface area (Å²) in [5.74, 6) is 1.20. The highest BCUT2D eigenvalue weighted by atomic mass is 15.3. The van der Waals surface area contributed by atoms with Gasteiger partial charge in [0.15, 0.2) is 0 Å². The molecule has 0 amide bonds. The van der Waals surface area contributed by atoms with Crippen LogP contribution in [0.5, 0.6) is 0 Å². The van der Waals surface area contributed by atoms with Crippen molar-refractivity contribution in [2.45, 2.75) is 20.4 Å². The van der Waals surface area contributed by atoms with E-state index in [2.05, 4.69) is 29.2 Å². The molecule has 0 atom stereocenters. The van der Waals surface area contributed by atoms with Crippen molar-refractivity contribution >= 4 is 11.5 Å². The number of nitriles is 1. The second-order valence-electron chi connectivity index (χ2n) is 4.49. The third-order valence-corrected chi connectivity index (χ3v) is 2.32. The quantitative estimate of drug-likeness (QED) is 0.893. The standard InChI is InChI=1S/C13H15N5/c1-10(2)8-18-9-12(7-15-18)17-13-5-3-4-11(6-14)16-13/h3-5,7,9-10H,8H2,1-2H3,(H,16,17). The summed E-state index contributed by atoms with van der Waals surface area (Å²) in [6.45, 7) is 5.17. The molecule has 0 aromatic carbocycles. The smallest absolute Gasteiger partial charge is 0.142 e. The molecule has 0 bridgehead atoms. The Morgan fingerprint density at radius 1 is 1.44 bits per heavy atom. The first-order valence-electron chi connectivity index (χ1n) is 5.84. The Kier molecular flexibility index (Phi) is 3.58. The average Bonchev–Trinajstić information content (AvgIpc) is 2.76. The van der Waals surface area contributed by atoms with Crippen molar-refractivity contribution < 1.29 is 0 Å². The molecule has 0 radical (unpaired) electrons. The van der Waals surface area contributed by atoms with Gasteiger partial charge in [0, 0.05) is 12.7 Å². The van der Waals surface area contributed by atoms with Crippen molar-refractivity contribution in [1.29, 1.82) is 5.26 Å². The Morgan fingerprint density at radius 2 is 2.28 bits per heavy atom. The van der Waals surface area contributed by atoms with Crippen molar-refractivity contribution in [2.24, 2.45) is 5.92 Å². The summed E-state index contributed by atoms with van der Waals surface area (Å²) in [6.07, 6.45) is 3.68. The molecule has 92 valence electrons. The third-order valence-electron chi connectivity index (χ3n) is 2.32. The summed E-state index contributed by atoms with van der Waals surface area (Å²) in [5, 5.41) is 16.2. The number of hydrogen-bond donors (Lipinski definition) is 1. The van der Waals surface area contributed by atoms with Crippen LogP contribution in [0.3, 0.4) is 0 Å². The molecule has 2 rings (SSSR count). The van der Waals surface area contributed by atoms with Crippen LogP contribution in [0, 0.1) is 17.2 Å². The molecule has 5 nitrogen and oxygen atoms in total. The van der Waals surface area contributed by atoms with E-state index in [-0.39, 0.29) is 0 Å². The lowest BCUT2D eigenvalue weighted by Crippen LogP contribution is -2.04. The van der Waals surface area contributed by atoms with Crippen LogP contribution in [0.1, 0.15) is 19.5 Å². The zero-order valence-corrected chi connectivity index (χ0v) is 10.5. The van der Waals surface area contributed by atoms with Gasteiger partial charge in [0.1, 0.15) is 17.6 Å². The Bertz CT molecular complexity index is 565. The van der Waals surface area contributed by atoms with Crippen molar-refractivity contribution in [1.82, 2.24) is 14.8 Å². The van der Waals surface area contributed by atoms with E-state index < -0.39 is 0 Å². The lowest BCUT2D eigenvalue weighted by Gasteiger charge is -2.04. The van der Waals surface area contributed by atoms with Gasteiger partial charge in [-0.2, -0.15) is 10.4 Å². The molecule has 0 aliphatic heterocycles. The van der Waals surface area contributed by atoms with E-state index in [1.165, 1.54) is 0 Å². The fourth-order valence-electron chi connectivity index (χ4n) is 1.62. The topological polar surface area (TPSA) is 66.5 Å². The van der Waals surface area contributed by atoms with Gasteiger partial charge < -0.3 is 5.32 Å². The summed E-state index contributed by atoms with van der Waals surface area (Å²) in [5.41, 5.74) is 1.27. The van der Waals surface area contributed by atoms with E-state index >= 15 is 0 Å². The van der Waals surface area contributed by atoms with E-state index in [0.29, 0.717) is 17.4 Å². The van der Waals surface area contributed by atoms with Gasteiger partial charge in [-0.3, -0.25) is 4.68 Å². The van der Waals surface area contributed by atoms with Crippen LogP contribution in [0.4, 0.5) is 11.5 Å². The first kappa shape index (κ1) is 12.1. The summed E-state index contributed by atoms with van der Waals surface area (Å²) in [7, 11) is 0. The largest absolute Gasteiger partial charge is 0.338 e. The van der Waals surface area contributed by atoms with Gasteiger partial charge in [0.25, 0.3) is 0 Å². The number of nitrogens with zero attached hydrogens (tertiary/aromatic N) is 4. The van der Waals surface area contributed by atoms with E-state index in [0.717, 1.165) is 12.2 Å². The van der Waals surface area contributed by atoms with E-state index in [4.69, 9.17) is 5.26 Å². The Balaban J connectivity index is 2.09. The molecule has 2 heterocycles. The number of hydrogen-bond acceptors (Lipinski definition) is 4. The predicted molar refractivity (Wildman–Crippen MR) is 69.3 cm³/mol. The summed E-state index contributed by atoms with van der Waals surface area (Å²) >= 11 is 0. The molecule has 0 saturated heterocycles. The van der Waals surface area contributed by atoms with Crippen LogP contribution in [-0.2, 0) is 6.54 Å². The van der Waals surface area contributed by atoms with Crippen LogP contribution < -0.4 is 5.32 Å². The van der Waals surface area contributed by atoms with E-state index in [1.807, 2.05) is 23.0 Å². The second-order valence-corrected chi connectivity index (χ2v) is 4.49. The molecule has 0 aliphatic carbocycles. The maximum atomic E-state index is 8.77. The summed E-state index contributed by atoms with van der Waals surface area (Å²) < 4.78 is 1.89. The van der Waals surface area contributed by atoms with Gasteiger partial charge in [0.05, 0.1) is 11.9 Å². The van der Waals surface area contributed by atoms with Crippen LogP contribution in [0.15, 0.2) is 30.6 Å². The molecule has 1 N–H and O–H groups in total. The van der Waals surface area contributed by atoms with E-state index in [1.54, 1.807) is 18.3 Å². The van der Waals surface area contributed by atoms with Crippen LogP contribution in [0.2, 0.25) is 0 Å². The highest BCUT2D eigenvalue weighted by molar-refractivity contribution is 5.54. The molecule has 18 heavy (non-hydrogen) atoms. The fraction of sp³-hybridized carbons (Fsp3) is 0.308. The minimum absolute atomic E-state index is 0.398. The second kappa shape index (κ2) is 5.32. The maximum absolute atomic E-state index is 8.77. The zero-order valence-electron chi connectivity index (χ0n) is 10.5. The fourth-order valence-corrected chi connectivity index (χ4v) is 1.62. The van der Waals surface area contributed by atoms with Crippen LogP contribution >= 0.6 is 0 Å². The highest BCUT2D eigenvalue weighted by Crippen LogP contribution is 2.14. The monoisotopic (exact) mass is 241 g/mol. The number of rotatable bonds is 4. The molecule has 0 unspecified atom stereocenters. The van der Waals surface area contributed by atoms with Gasteiger partial charge in [-0.05, 0) is 18.1 Å². The SMILES string of the molecule is CC(C)Cn1cc(Nc2cccc(C#N)n2)cn1. The van der Waals surface area contributed by atoms with Crippen molar-refractivity contribution in [2.75, 3.05) is 5.32 Å². The van der Waals surface area contributed by atoms with Crippen molar-refractivity contribution in [3.63, 3.8) is 0 Å². The average molecular weight is 241 g/mol. The van der Waals surface area contributed by atoms with Gasteiger partial charge in [-0.15, -0.1) is 0 Å². The Morgan fingerprint density at radius 3 is 3.00 bits per heavy atom. The molecule has 2 aromatic heterocycles. The van der Waals surface area contributed by atoms with Gasteiger partial charge in [0.2, 0.25) is 0 Å². The Hall–Kier alpha value is -2.35. The van der Waals surface area contributed by atoms with Crippen molar-refractivity contribution in [3.8, 4) is 6.07 Å². The lowest BCUT2D eigenvalue weighted by molar-refractivity contribution is 0.483. The van der Waals surface area contributed by atoms with Crippen LogP contribution in [0.25, 0.3) is 0 Å². The molecule has 0 fully saturated rings. The molecule has 0 saturated carbocycles. The normalized spacial score (nSPS) is 10.3. The van der Waals surface area contributed by atoms with E-state index in [9.17, 15) is 0 Å². The number of nitrogens with one attached hydrogen (secondary N) is 1. The highest BCUT2D eigenvalue weighted by Gasteiger charge is 2.02. The summed E-state index contributed by atoms with van der Waals surface area (Å²) in [6, 6.07) is 7.30. The molecule has 2 aromatic rings. The molecule has 0 spiro atoms. The third kappa shape index (κ3) is 3.08. The number of anilines is 2. The van der Waals surface area contributed by atoms with Gasteiger partial charge >= 0.3 is 0 Å². The molecule has 5 heteroatoms. The van der Waals surface area contributed by atoms with Crippen LogP contribution in [-0.4, -0.2) is 14.8 Å². The number of aromatic nitrogens is 3. The van der Waals surface area contributed by atoms with Crippen molar-refractivity contribution in [3.05, 3.63) is 36.3 Å². The molecule has 0 aliphatic rings. The zero-order chi connectivity index (χ0) is 13.0. The minimum atomic E-state index is 0.398. The maximum Gasteiger partial charge on any atom is 0.142 e. The predicted octanol–water partition coefficient (Wildman–Crippen LogP) is 2.55. The summed E-state index contributed by atoms with van der Waals surface area (Å²) in [4.78, 5) is 4.15.